The number of aryl methyl sites for hydroxylation is 1. The highest BCUT2D eigenvalue weighted by atomic mass is 16.5. The maximum Gasteiger partial charge on any atom is 0.162 e. The lowest BCUT2D eigenvalue weighted by Crippen LogP contribution is -2.32. The van der Waals surface area contributed by atoms with Crippen molar-refractivity contribution in [3.05, 3.63) is 155 Å². The molecule has 5 heteroatoms. The van der Waals surface area contributed by atoms with Crippen molar-refractivity contribution in [2.24, 2.45) is 0 Å². The van der Waals surface area contributed by atoms with E-state index in [4.69, 9.17) is 23.7 Å². The molecule has 0 N–H and O–H groups in total. The predicted octanol–water partition coefficient (Wildman–Crippen LogP) is 8.42. The summed E-state index contributed by atoms with van der Waals surface area (Å²) in [5.41, 5.74) is 6.35. The second-order valence-corrected chi connectivity index (χ2v) is 10.8. The first-order valence-corrected chi connectivity index (χ1v) is 14.6. The van der Waals surface area contributed by atoms with Gasteiger partial charge in [-0.15, -0.1) is 0 Å². The minimum atomic E-state index is -0.330. The summed E-state index contributed by atoms with van der Waals surface area (Å²) in [5.74, 6) is 2.99. The summed E-state index contributed by atoms with van der Waals surface area (Å²) < 4.78 is 31.6. The van der Waals surface area contributed by atoms with Crippen molar-refractivity contribution in [1.82, 2.24) is 0 Å². The Labute approximate surface area is 253 Å². The zero-order valence-electron chi connectivity index (χ0n) is 24.6. The third kappa shape index (κ3) is 7.02. The Morgan fingerprint density at radius 1 is 0.605 bits per heavy atom. The Balaban J connectivity index is 1.27. The highest BCUT2D eigenvalue weighted by molar-refractivity contribution is 5.51. The largest absolute Gasteiger partial charge is 0.488 e. The van der Waals surface area contributed by atoms with Gasteiger partial charge in [-0.1, -0.05) is 97.1 Å². The summed E-state index contributed by atoms with van der Waals surface area (Å²) in [7, 11) is 1.73. The topological polar surface area (TPSA) is 46.2 Å². The van der Waals surface area contributed by atoms with E-state index in [1.165, 1.54) is 0 Å². The second-order valence-electron chi connectivity index (χ2n) is 10.8. The van der Waals surface area contributed by atoms with Crippen molar-refractivity contribution < 1.29 is 23.7 Å². The summed E-state index contributed by atoms with van der Waals surface area (Å²) >= 11 is 0. The molecular weight excluding hydrogens is 536 g/mol. The van der Waals surface area contributed by atoms with E-state index in [1.807, 2.05) is 72.8 Å². The molecule has 1 aliphatic heterocycles. The Morgan fingerprint density at radius 2 is 1.14 bits per heavy atom. The van der Waals surface area contributed by atoms with E-state index >= 15 is 0 Å². The average Bonchev–Trinajstić information content (AvgIpc) is 3.06. The van der Waals surface area contributed by atoms with Crippen molar-refractivity contribution in [2.75, 3.05) is 7.11 Å². The van der Waals surface area contributed by atoms with Crippen LogP contribution in [0.1, 0.15) is 39.5 Å². The molecule has 6 rings (SSSR count). The van der Waals surface area contributed by atoms with Crippen LogP contribution in [0.15, 0.2) is 121 Å². The number of benzene rings is 5. The van der Waals surface area contributed by atoms with Crippen molar-refractivity contribution in [1.29, 1.82) is 0 Å². The van der Waals surface area contributed by atoms with Gasteiger partial charge in [-0.25, -0.2) is 0 Å². The van der Waals surface area contributed by atoms with Crippen molar-refractivity contribution in [3.63, 3.8) is 0 Å². The first kappa shape index (κ1) is 28.4. The molecule has 218 valence electrons. The van der Waals surface area contributed by atoms with E-state index in [0.29, 0.717) is 37.7 Å². The van der Waals surface area contributed by atoms with Crippen LogP contribution in [0, 0.1) is 6.92 Å². The number of ether oxygens (including phenoxy) is 5. The molecule has 0 aliphatic carbocycles. The van der Waals surface area contributed by atoms with Crippen LogP contribution in [-0.4, -0.2) is 13.2 Å². The van der Waals surface area contributed by atoms with E-state index < -0.39 is 0 Å². The van der Waals surface area contributed by atoms with E-state index in [1.54, 1.807) is 7.11 Å². The molecule has 5 aromatic carbocycles. The van der Waals surface area contributed by atoms with Gasteiger partial charge < -0.3 is 23.7 Å². The standard InChI is InChI=1S/C38H36O5/c1-27-20-34(41-25-29-14-8-4-9-15-29)32-23-37(39-2)38(43-35(32)21-27)31-18-19-33(40-24-28-12-6-3-7-13-28)36(22-31)42-26-30-16-10-5-11-17-30/h3-22,37-38H,23-26H2,1-2H3/t37-,38-/m1/s1. The third-order valence-electron chi connectivity index (χ3n) is 7.62. The fraction of sp³-hybridized carbons (Fsp3) is 0.211. The number of hydrogen-bond donors (Lipinski definition) is 0. The summed E-state index contributed by atoms with van der Waals surface area (Å²) in [6, 6.07) is 40.6. The summed E-state index contributed by atoms with van der Waals surface area (Å²) in [4.78, 5) is 0. The van der Waals surface area contributed by atoms with Crippen LogP contribution < -0.4 is 18.9 Å². The van der Waals surface area contributed by atoms with Crippen LogP contribution in [0.25, 0.3) is 0 Å². The van der Waals surface area contributed by atoms with Gasteiger partial charge in [0.1, 0.15) is 37.4 Å². The van der Waals surface area contributed by atoms with E-state index in [0.717, 1.165) is 44.9 Å². The summed E-state index contributed by atoms with van der Waals surface area (Å²) in [5, 5.41) is 0. The number of hydrogen-bond acceptors (Lipinski definition) is 5. The van der Waals surface area contributed by atoms with Gasteiger partial charge in [0.05, 0.1) is 0 Å². The van der Waals surface area contributed by atoms with E-state index in [-0.39, 0.29) is 12.2 Å². The smallest absolute Gasteiger partial charge is 0.162 e. The zero-order valence-corrected chi connectivity index (χ0v) is 24.6. The Bertz CT molecular complexity index is 1620. The first-order valence-electron chi connectivity index (χ1n) is 14.6. The lowest BCUT2D eigenvalue weighted by molar-refractivity contribution is -0.0123. The maximum atomic E-state index is 6.68. The van der Waals surface area contributed by atoms with Crippen LogP contribution >= 0.6 is 0 Å². The monoisotopic (exact) mass is 572 g/mol. The van der Waals surface area contributed by atoms with Crippen molar-refractivity contribution in [2.45, 2.75) is 45.4 Å². The lowest BCUT2D eigenvalue weighted by Gasteiger charge is -2.34. The van der Waals surface area contributed by atoms with Gasteiger partial charge in [-0.3, -0.25) is 0 Å². The molecule has 0 amide bonds. The van der Waals surface area contributed by atoms with Gasteiger partial charge in [0, 0.05) is 19.1 Å². The molecule has 0 fully saturated rings. The Morgan fingerprint density at radius 3 is 1.70 bits per heavy atom. The minimum Gasteiger partial charge on any atom is -0.488 e. The molecule has 2 atom stereocenters. The average molecular weight is 573 g/mol. The van der Waals surface area contributed by atoms with Gasteiger partial charge >= 0.3 is 0 Å². The first-order chi connectivity index (χ1) is 21.2. The molecular formula is C38H36O5. The molecule has 1 aliphatic rings. The SMILES string of the molecule is CO[C@@H]1Cc2c(OCc3ccccc3)cc(C)cc2O[C@@H]1c1ccc(OCc2ccccc2)c(OCc2ccccc2)c1. The molecule has 5 aromatic rings. The predicted molar refractivity (Wildman–Crippen MR) is 168 cm³/mol. The normalized spacial score (nSPS) is 15.7. The quantitative estimate of drug-likeness (QED) is 0.159. The molecule has 0 spiro atoms. The summed E-state index contributed by atoms with van der Waals surface area (Å²) in [6.07, 6.45) is 0.115. The Hall–Kier alpha value is -4.74. The number of fused-ring (bicyclic) bond motifs is 1. The molecule has 1 heterocycles. The molecule has 0 bridgehead atoms. The molecule has 0 unspecified atom stereocenters. The molecule has 0 saturated carbocycles. The summed E-state index contributed by atoms with van der Waals surface area (Å²) in [6.45, 7) is 3.42. The highest BCUT2D eigenvalue weighted by Gasteiger charge is 2.34. The number of methoxy groups -OCH3 is 1. The van der Waals surface area contributed by atoms with Crippen LogP contribution in [0.4, 0.5) is 0 Å². The highest BCUT2D eigenvalue weighted by Crippen LogP contribution is 2.43. The maximum absolute atomic E-state index is 6.68. The number of rotatable bonds is 11. The molecule has 0 aromatic heterocycles. The fourth-order valence-electron chi connectivity index (χ4n) is 5.34. The van der Waals surface area contributed by atoms with Crippen molar-refractivity contribution in [3.8, 4) is 23.0 Å². The second kappa shape index (κ2) is 13.5. The molecule has 43 heavy (non-hydrogen) atoms. The van der Waals surface area contributed by atoms with Gasteiger partial charge in [0.2, 0.25) is 0 Å². The lowest BCUT2D eigenvalue weighted by atomic mass is 9.93. The van der Waals surface area contributed by atoms with Gasteiger partial charge in [0.15, 0.2) is 17.6 Å². The van der Waals surface area contributed by atoms with E-state index in [9.17, 15) is 0 Å². The van der Waals surface area contributed by atoms with Crippen LogP contribution in [0.5, 0.6) is 23.0 Å². The van der Waals surface area contributed by atoms with Gasteiger partial charge in [-0.2, -0.15) is 0 Å². The van der Waals surface area contributed by atoms with Crippen LogP contribution in [0.3, 0.4) is 0 Å². The van der Waals surface area contributed by atoms with Gasteiger partial charge in [0.25, 0.3) is 0 Å². The Kier molecular flexibility index (Phi) is 8.90. The van der Waals surface area contributed by atoms with Crippen LogP contribution in [-0.2, 0) is 31.0 Å². The molecule has 0 radical (unpaired) electrons. The van der Waals surface area contributed by atoms with Crippen LogP contribution in [0.2, 0.25) is 0 Å². The zero-order chi connectivity index (χ0) is 29.4. The fourth-order valence-corrected chi connectivity index (χ4v) is 5.34. The van der Waals surface area contributed by atoms with Crippen molar-refractivity contribution >= 4 is 0 Å². The van der Waals surface area contributed by atoms with E-state index in [2.05, 4.69) is 55.5 Å². The minimum absolute atomic E-state index is 0.215. The third-order valence-corrected chi connectivity index (χ3v) is 7.62. The molecule has 5 nitrogen and oxygen atoms in total. The molecule has 0 saturated heterocycles. The van der Waals surface area contributed by atoms with Gasteiger partial charge in [-0.05, 0) is 59.0 Å².